The molecule has 25 rings (SSSR count). The number of carboxylic acids is 1. The molecule has 1 radical (unpaired) electrons. The van der Waals surface area contributed by atoms with Crippen LogP contribution in [0.25, 0.3) is 182 Å². The fourth-order valence-electron chi connectivity index (χ4n) is 17.2. The number of halogens is 3. The van der Waals surface area contributed by atoms with Gasteiger partial charge in [0.2, 0.25) is 0 Å². The SMILES string of the molecule is Brc1ccc(Br)c2nsnc12.Brc1ccc2c(c1)c1ccccc1n2-c1ccccc1.C1CCOC1.CC(=O)O.OB(O)c1ccc2c(c1)c1ccccc1n2-c1ccccc1.[B]=NS.c1ccc(-n2c3ccccc3c3cc(-c4ccc(-c5ccc6c(c5)c5ccccc5n6-c5ccccc5)c5nsnc45)ccc32)cc1.c1ccc(-n2c3ccccc3c3ccccc32)cc1. The Balaban J connectivity index is 0.000000115. The van der Waals surface area contributed by atoms with Crippen molar-refractivity contribution in [2.24, 2.45) is 4.30 Å². The first-order chi connectivity index (χ1) is 64.3. The van der Waals surface area contributed by atoms with Crippen molar-refractivity contribution in [1.29, 1.82) is 0 Å². The standard InChI is InChI=1S/C42H26N4S.C18H14BNO2.C18H12BrN.C18H13N.C6H2Br2N2S.C4H8O.C2H4O2.BHNS/c1-3-11-29(12-4-1)45-37-17-9-7-15-33(37)35-25-27(19-23-39(35)45)31-21-22-32(42-41(31)43-47-44-42)28-20-24-40-36(26-28)34-16-8-10-18-38(34)46(40)30-13-5-2-6-14-30;21-19(22)13-10-11-18-16(12-13)15-8-4-5-9-17(15)20(18)14-6-2-1-3-7-14;19-13-10-11-18-16(12-13)15-8-4-5-9-17(15)20(18)14-6-2-1-3-7-14;1-2-8-14(9-3-1)19-17-12-6-4-10-15(17)16-11-5-7-13-18(16)19;7-3-1-2-4(8)6-5(3)9-11-10-6;1-2-4-5-3-1;1-2(3)4;1-2-3/h1-26H;1-12,21-22H;1-12H;1-13H;1-2H;1-4H2;1H3,(H,3,4);3H. The third-order valence-corrected chi connectivity index (χ3v) is 25.6. The van der Waals surface area contributed by atoms with Gasteiger partial charge in [-0.1, -0.05) is 253 Å². The Bertz CT molecular complexity index is 7920. The zero-order valence-corrected chi connectivity index (χ0v) is 77.8. The van der Waals surface area contributed by atoms with E-state index >= 15 is 0 Å². The van der Waals surface area contributed by atoms with E-state index in [1.807, 2.05) is 60.7 Å². The van der Waals surface area contributed by atoms with Crippen LogP contribution in [-0.2, 0) is 9.53 Å². The van der Waals surface area contributed by atoms with Crippen LogP contribution in [0.15, 0.2) is 412 Å². The monoisotopic (exact) mass is 1950 g/mol. The average molecular weight is 1960 g/mol. The van der Waals surface area contributed by atoms with Gasteiger partial charge in [0.1, 0.15) is 22.1 Å². The van der Waals surface area contributed by atoms with Crippen LogP contribution in [0.2, 0.25) is 0 Å². The number of benzene rings is 17. The smallest absolute Gasteiger partial charge is 0.113 e. The van der Waals surface area contributed by atoms with Crippen molar-refractivity contribution < 1.29 is 24.7 Å². The van der Waals surface area contributed by atoms with Gasteiger partial charge in [-0.15, -0.1) is 0 Å². The molecule has 0 spiro atoms. The number of carbonyl (C=O) groups is 1. The van der Waals surface area contributed by atoms with Crippen LogP contribution in [0.5, 0.6) is 0 Å². The second-order valence-corrected chi connectivity index (χ2v) is 34.7. The minimum absolute atomic E-state index is 0.503. The van der Waals surface area contributed by atoms with Gasteiger partial charge in [0, 0.05) is 127 Å². The predicted octanol–water partition coefficient (Wildman–Crippen LogP) is 28.3. The van der Waals surface area contributed by atoms with E-state index in [1.165, 1.54) is 135 Å². The fourth-order valence-corrected chi connectivity index (χ4v) is 19.8. The van der Waals surface area contributed by atoms with Gasteiger partial charge in [0.05, 0.1) is 78.6 Å². The molecule has 23 heteroatoms. The van der Waals surface area contributed by atoms with Gasteiger partial charge in [0.25, 0.3) is 5.97 Å². The third kappa shape index (κ3) is 18.5. The Kier molecular flexibility index (Phi) is 27.3. The Morgan fingerprint density at radius 2 is 0.580 bits per heavy atom. The molecule has 8 heterocycles. The first kappa shape index (κ1) is 88.1. The largest absolute Gasteiger partial charge is 0.309 e. The summed E-state index contributed by atoms with van der Waals surface area (Å²) in [5.74, 6) is -0.833. The number of para-hydroxylation sites is 11. The van der Waals surface area contributed by atoms with Crippen LogP contribution in [0, 0.1) is 0 Å². The number of aromatic nitrogens is 9. The first-order valence-corrected chi connectivity index (χ1v) is 46.6. The van der Waals surface area contributed by atoms with Gasteiger partial charge in [-0.2, -0.15) is 17.5 Å². The van der Waals surface area contributed by atoms with E-state index in [0.29, 0.717) is 5.46 Å². The molecule has 0 aliphatic carbocycles. The maximum Gasteiger partial charge on any atom is 0.113 e. The predicted molar refractivity (Wildman–Crippen MR) is 560 cm³/mol. The van der Waals surface area contributed by atoms with Gasteiger partial charge in [0.15, 0.2) is 0 Å². The number of hydrogen-bond donors (Lipinski definition) is 4. The normalized spacial score (nSPS) is 11.6. The molecule has 131 heavy (non-hydrogen) atoms. The summed E-state index contributed by atoms with van der Waals surface area (Å²) >= 11 is 16.1. The van der Waals surface area contributed by atoms with Crippen LogP contribution < -0.4 is 5.46 Å². The summed E-state index contributed by atoms with van der Waals surface area (Å²) in [5, 5.41) is 38.5. The van der Waals surface area contributed by atoms with E-state index in [4.69, 9.17) is 23.4 Å². The molecule has 24 aromatic rings. The van der Waals surface area contributed by atoms with E-state index in [9.17, 15) is 10.0 Å². The fraction of sp³-hybridized carbons (Fsp3) is 0.0463. The minimum Gasteiger partial charge on any atom is -0.309 e. The molecule has 0 amide bonds. The molecule has 1 aliphatic heterocycles. The number of hydrogen-bond acceptors (Lipinski definition) is 12. The van der Waals surface area contributed by atoms with Crippen molar-refractivity contribution >= 4 is 241 Å². The Morgan fingerprint density at radius 3 is 0.870 bits per heavy atom. The number of ether oxygens (including phenoxy) is 1. The molecule has 17 aromatic carbocycles. The zero-order chi connectivity index (χ0) is 89.9. The molecule has 1 fully saturated rings. The number of aliphatic carboxylic acids is 1. The Hall–Kier alpha value is -13.6. The van der Waals surface area contributed by atoms with Crippen molar-refractivity contribution in [1.82, 2.24) is 40.3 Å². The molecular weight excluding hydrogens is 1870 g/mol. The van der Waals surface area contributed by atoms with Gasteiger partial charge < -0.3 is 42.7 Å². The molecule has 1 aliphatic rings. The topological polar surface area (TPSA) is 176 Å². The van der Waals surface area contributed by atoms with Crippen LogP contribution in [0.4, 0.5) is 0 Å². The zero-order valence-electron chi connectivity index (χ0n) is 70.5. The first-order valence-electron chi connectivity index (χ1n) is 42.4. The molecule has 7 aromatic heterocycles. The molecule has 3 N–H and O–H groups in total. The summed E-state index contributed by atoms with van der Waals surface area (Å²) in [6.07, 6.45) is 2.56. The second-order valence-electron chi connectivity index (χ2n) is 30.8. The van der Waals surface area contributed by atoms with Gasteiger partial charge in [-0.25, -0.2) is 0 Å². The number of thiol groups is 1. The Labute approximate surface area is 795 Å². The van der Waals surface area contributed by atoms with Crippen LogP contribution in [-0.4, -0.2) is 89.4 Å². The number of fused-ring (bicyclic) bond motifs is 17. The molecule has 0 unspecified atom stereocenters. The summed E-state index contributed by atoms with van der Waals surface area (Å²) in [6, 6.07) is 137. The molecule has 15 nitrogen and oxygen atoms in total. The van der Waals surface area contributed by atoms with E-state index in [0.717, 1.165) is 117 Å². The average Bonchev–Trinajstić information content (AvgIpc) is 1.60. The number of rotatable bonds is 8. The molecule has 0 saturated carbocycles. The van der Waals surface area contributed by atoms with Crippen LogP contribution in [0.3, 0.4) is 0 Å². The van der Waals surface area contributed by atoms with Crippen molar-refractivity contribution in [3.05, 3.63) is 408 Å². The summed E-state index contributed by atoms with van der Waals surface area (Å²) < 4.78 is 40.2. The summed E-state index contributed by atoms with van der Waals surface area (Å²) in [7, 11) is 2.88. The number of carboxylic acid groups (broad SMARTS) is 1. The second kappa shape index (κ2) is 40.6. The molecule has 1 saturated heterocycles. The van der Waals surface area contributed by atoms with Crippen molar-refractivity contribution in [2.45, 2.75) is 19.8 Å². The maximum absolute atomic E-state index is 9.43. The van der Waals surface area contributed by atoms with Crippen LogP contribution >= 0.6 is 84.1 Å². The number of nitrogens with zero attached hydrogens (tertiary/aromatic N) is 10. The van der Waals surface area contributed by atoms with Gasteiger partial charge in [-0.3, -0.25) is 4.79 Å². The van der Waals surface area contributed by atoms with E-state index in [2.05, 4.69) is 432 Å². The molecule has 0 bridgehead atoms. The maximum atomic E-state index is 9.43. The molecule has 0 atom stereocenters. The van der Waals surface area contributed by atoms with Gasteiger partial charge >= 0.3 is 31.9 Å². The minimum atomic E-state index is -1.46. The summed E-state index contributed by atoms with van der Waals surface area (Å²) in [5.41, 5.74) is 26.4. The van der Waals surface area contributed by atoms with Crippen LogP contribution in [0.1, 0.15) is 19.8 Å². The van der Waals surface area contributed by atoms with E-state index in [-0.39, 0.29) is 0 Å². The molecule has 637 valence electrons. The third-order valence-electron chi connectivity index (χ3n) is 22.8. The van der Waals surface area contributed by atoms with Crippen molar-refractivity contribution in [3.8, 4) is 50.7 Å². The van der Waals surface area contributed by atoms with E-state index in [1.54, 1.807) is 6.07 Å². The van der Waals surface area contributed by atoms with Gasteiger partial charge in [-0.05, 0) is 219 Å². The Morgan fingerprint density at radius 1 is 0.336 bits per heavy atom. The summed E-state index contributed by atoms with van der Waals surface area (Å²) in [6.45, 7) is 3.08. The van der Waals surface area contributed by atoms with Crippen molar-refractivity contribution in [3.63, 3.8) is 0 Å². The molecular formula is C108H80B2Br3N10O5S3. The summed E-state index contributed by atoms with van der Waals surface area (Å²) in [4.78, 5) is 9.00. The van der Waals surface area contributed by atoms with E-state index < -0.39 is 13.1 Å². The van der Waals surface area contributed by atoms with Crippen molar-refractivity contribution in [2.75, 3.05) is 13.2 Å². The quantitative estimate of drug-likeness (QED) is 0.0852.